The Morgan fingerprint density at radius 1 is 1.56 bits per heavy atom. The van der Waals surface area contributed by atoms with Crippen LogP contribution in [0.15, 0.2) is 0 Å². The van der Waals surface area contributed by atoms with Gasteiger partial charge in [0.15, 0.2) is 0 Å². The van der Waals surface area contributed by atoms with E-state index >= 15 is 0 Å². The minimum absolute atomic E-state index is 0.157. The summed E-state index contributed by atoms with van der Waals surface area (Å²) in [7, 11) is 1.61. The molecule has 0 atom stereocenters. The van der Waals surface area contributed by atoms with Gasteiger partial charge in [0, 0.05) is 38.7 Å². The van der Waals surface area contributed by atoms with E-state index in [1.807, 2.05) is 0 Å². The summed E-state index contributed by atoms with van der Waals surface area (Å²) in [6, 6.07) is 0. The lowest BCUT2D eigenvalue weighted by Crippen LogP contribution is -2.28. The number of carbonyl (C=O) groups is 1. The number of methoxy groups -OCH3 is 1. The van der Waals surface area contributed by atoms with Crippen molar-refractivity contribution in [3.8, 4) is 0 Å². The minimum atomic E-state index is -1.11. The van der Waals surface area contributed by atoms with Crippen LogP contribution in [-0.2, 0) is 17.7 Å². The highest BCUT2D eigenvalue weighted by molar-refractivity contribution is 5.83. The van der Waals surface area contributed by atoms with Crippen molar-refractivity contribution in [1.82, 2.24) is 15.3 Å². The number of carboxylic acid groups (broad SMARTS) is 1. The van der Waals surface area contributed by atoms with Gasteiger partial charge in [-0.2, -0.15) is 0 Å². The predicted octanol–water partition coefficient (Wildman–Crippen LogP) is -0.121. The third-order valence-electron chi connectivity index (χ3n) is 2.72. The van der Waals surface area contributed by atoms with Gasteiger partial charge in [0.2, 0.25) is 5.82 Å². The summed E-state index contributed by atoms with van der Waals surface area (Å²) in [5, 5.41) is 15.3. The molecule has 0 aliphatic carbocycles. The zero-order valence-electron chi connectivity index (χ0n) is 10.2. The summed E-state index contributed by atoms with van der Waals surface area (Å²) in [6.07, 6.45) is 0.719. The molecule has 98 valence electrons. The number of nitrogens with one attached hydrogen (secondary N) is 2. The van der Waals surface area contributed by atoms with Crippen LogP contribution in [0.5, 0.6) is 0 Å². The van der Waals surface area contributed by atoms with Gasteiger partial charge in [-0.3, -0.25) is 0 Å². The number of hydrogen-bond donors (Lipinski definition) is 3. The van der Waals surface area contributed by atoms with E-state index in [4.69, 9.17) is 9.84 Å². The molecule has 0 fully saturated rings. The first-order valence-electron chi connectivity index (χ1n) is 5.79. The summed E-state index contributed by atoms with van der Waals surface area (Å²) >= 11 is 0. The Hall–Kier alpha value is -1.73. The quantitative estimate of drug-likeness (QED) is 0.628. The van der Waals surface area contributed by atoms with E-state index in [0.717, 1.165) is 24.2 Å². The first-order valence-corrected chi connectivity index (χ1v) is 5.79. The molecule has 0 saturated carbocycles. The van der Waals surface area contributed by atoms with Crippen LogP contribution in [-0.4, -0.2) is 47.8 Å². The van der Waals surface area contributed by atoms with E-state index in [-0.39, 0.29) is 5.82 Å². The van der Waals surface area contributed by atoms with E-state index in [9.17, 15) is 4.79 Å². The van der Waals surface area contributed by atoms with Gasteiger partial charge in [0.25, 0.3) is 0 Å². The fourth-order valence-electron chi connectivity index (χ4n) is 1.86. The Bertz CT molecular complexity index is 450. The zero-order chi connectivity index (χ0) is 13.0. The van der Waals surface area contributed by atoms with Crippen molar-refractivity contribution >= 4 is 11.8 Å². The molecular formula is C11H16N4O3. The Balaban J connectivity index is 2.29. The second kappa shape index (κ2) is 5.74. The van der Waals surface area contributed by atoms with Crippen molar-refractivity contribution in [2.75, 3.05) is 32.1 Å². The van der Waals surface area contributed by atoms with Crippen molar-refractivity contribution < 1.29 is 14.6 Å². The molecule has 7 nitrogen and oxygen atoms in total. The van der Waals surface area contributed by atoms with Gasteiger partial charge in [-0.05, 0) is 0 Å². The third-order valence-corrected chi connectivity index (χ3v) is 2.72. The second-order valence-corrected chi connectivity index (χ2v) is 3.97. The molecule has 18 heavy (non-hydrogen) atoms. The third kappa shape index (κ3) is 2.74. The van der Waals surface area contributed by atoms with Gasteiger partial charge in [-0.15, -0.1) is 0 Å². The SMILES string of the molecule is COCCNc1nc(C(=O)O)nc2c1CNCC2. The highest BCUT2D eigenvalue weighted by Crippen LogP contribution is 2.19. The zero-order valence-corrected chi connectivity index (χ0v) is 10.2. The highest BCUT2D eigenvalue weighted by atomic mass is 16.5. The van der Waals surface area contributed by atoms with E-state index in [2.05, 4.69) is 20.6 Å². The lowest BCUT2D eigenvalue weighted by molar-refractivity contribution is 0.0683. The van der Waals surface area contributed by atoms with Crippen LogP contribution in [0.25, 0.3) is 0 Å². The van der Waals surface area contributed by atoms with Crippen molar-refractivity contribution in [2.45, 2.75) is 13.0 Å². The number of aromatic carboxylic acids is 1. The van der Waals surface area contributed by atoms with Gasteiger partial charge < -0.3 is 20.5 Å². The molecule has 3 N–H and O–H groups in total. The molecule has 0 amide bonds. The number of fused-ring (bicyclic) bond motifs is 1. The van der Waals surface area contributed by atoms with Crippen LogP contribution in [0.2, 0.25) is 0 Å². The number of anilines is 1. The number of nitrogens with zero attached hydrogens (tertiary/aromatic N) is 2. The molecule has 7 heteroatoms. The molecule has 1 aromatic heterocycles. The molecule has 0 unspecified atom stereocenters. The molecule has 1 aliphatic heterocycles. The van der Waals surface area contributed by atoms with Crippen LogP contribution < -0.4 is 10.6 Å². The largest absolute Gasteiger partial charge is 0.475 e. The number of ether oxygens (including phenoxy) is 1. The maximum atomic E-state index is 11.0. The lowest BCUT2D eigenvalue weighted by atomic mass is 10.1. The van der Waals surface area contributed by atoms with Gasteiger partial charge in [0.1, 0.15) is 5.82 Å². The van der Waals surface area contributed by atoms with Crippen LogP contribution >= 0.6 is 0 Å². The first-order chi connectivity index (χ1) is 8.72. The molecule has 1 aromatic rings. The number of aromatic nitrogens is 2. The van der Waals surface area contributed by atoms with Crippen LogP contribution in [0.3, 0.4) is 0 Å². The minimum Gasteiger partial charge on any atom is -0.475 e. The monoisotopic (exact) mass is 252 g/mol. The molecule has 2 rings (SSSR count). The van der Waals surface area contributed by atoms with Gasteiger partial charge in [-0.1, -0.05) is 0 Å². The lowest BCUT2D eigenvalue weighted by Gasteiger charge is -2.19. The van der Waals surface area contributed by atoms with Gasteiger partial charge in [0.05, 0.1) is 12.3 Å². The van der Waals surface area contributed by atoms with Crippen molar-refractivity contribution in [1.29, 1.82) is 0 Å². The summed E-state index contributed by atoms with van der Waals surface area (Å²) < 4.78 is 4.95. The molecule has 2 heterocycles. The van der Waals surface area contributed by atoms with Crippen molar-refractivity contribution in [3.05, 3.63) is 17.1 Å². The summed E-state index contributed by atoms with van der Waals surface area (Å²) in [5.41, 5.74) is 1.75. The van der Waals surface area contributed by atoms with Crippen molar-refractivity contribution in [2.24, 2.45) is 0 Å². The Kier molecular flexibility index (Phi) is 4.06. The Labute approximate surface area is 105 Å². The Morgan fingerprint density at radius 3 is 3.11 bits per heavy atom. The van der Waals surface area contributed by atoms with Gasteiger partial charge >= 0.3 is 5.97 Å². The van der Waals surface area contributed by atoms with E-state index in [1.54, 1.807) is 7.11 Å². The van der Waals surface area contributed by atoms with Crippen LogP contribution in [0, 0.1) is 0 Å². The smallest absolute Gasteiger partial charge is 0.374 e. The highest BCUT2D eigenvalue weighted by Gasteiger charge is 2.19. The van der Waals surface area contributed by atoms with Crippen molar-refractivity contribution in [3.63, 3.8) is 0 Å². The number of hydrogen-bond acceptors (Lipinski definition) is 6. The topological polar surface area (TPSA) is 96.4 Å². The molecule has 0 saturated heterocycles. The Morgan fingerprint density at radius 2 is 2.39 bits per heavy atom. The van der Waals surface area contributed by atoms with Crippen LogP contribution in [0.4, 0.5) is 5.82 Å². The predicted molar refractivity (Wildman–Crippen MR) is 64.8 cm³/mol. The maximum absolute atomic E-state index is 11.0. The van der Waals surface area contributed by atoms with E-state index < -0.39 is 5.97 Å². The van der Waals surface area contributed by atoms with E-state index in [1.165, 1.54) is 0 Å². The number of rotatable bonds is 5. The second-order valence-electron chi connectivity index (χ2n) is 3.97. The fraction of sp³-hybridized carbons (Fsp3) is 0.545. The standard InChI is InChI=1S/C11H16N4O3/c1-18-5-4-13-9-7-6-12-3-2-8(7)14-10(15-9)11(16)17/h12H,2-6H2,1H3,(H,16,17)(H,13,14,15). The molecular weight excluding hydrogens is 236 g/mol. The molecule has 0 spiro atoms. The normalized spacial score (nSPS) is 14.1. The summed E-state index contributed by atoms with van der Waals surface area (Å²) in [4.78, 5) is 19.1. The first kappa shape index (κ1) is 12.7. The fourth-order valence-corrected chi connectivity index (χ4v) is 1.86. The summed E-state index contributed by atoms with van der Waals surface area (Å²) in [5.74, 6) is -0.677. The maximum Gasteiger partial charge on any atom is 0.374 e. The molecule has 0 radical (unpaired) electrons. The number of carboxylic acids is 1. The average molecular weight is 252 g/mol. The van der Waals surface area contributed by atoms with Gasteiger partial charge in [-0.25, -0.2) is 14.8 Å². The summed E-state index contributed by atoms with van der Waals surface area (Å²) in [6.45, 7) is 2.58. The molecule has 0 bridgehead atoms. The molecule has 0 aromatic carbocycles. The molecule has 1 aliphatic rings. The average Bonchev–Trinajstić information content (AvgIpc) is 2.38. The van der Waals surface area contributed by atoms with E-state index in [0.29, 0.717) is 25.5 Å². The van der Waals surface area contributed by atoms with Crippen LogP contribution in [0.1, 0.15) is 21.9 Å².